The summed E-state index contributed by atoms with van der Waals surface area (Å²) in [7, 11) is 1.93. The van der Waals surface area contributed by atoms with Gasteiger partial charge in [-0.1, -0.05) is 18.5 Å². The van der Waals surface area contributed by atoms with Crippen LogP contribution in [0.25, 0.3) is 0 Å². The van der Waals surface area contributed by atoms with Crippen molar-refractivity contribution in [2.24, 2.45) is 7.05 Å². The molecular weight excluding hydrogens is 236 g/mol. The summed E-state index contributed by atoms with van der Waals surface area (Å²) in [5.74, 6) is 0. The van der Waals surface area contributed by atoms with Gasteiger partial charge in [-0.3, -0.25) is 4.68 Å². The molecule has 0 saturated heterocycles. The molecule has 2 aromatic rings. The molecule has 0 aromatic carbocycles. The number of rotatable bonds is 4. The molecule has 4 nitrogen and oxygen atoms in total. The van der Waals surface area contributed by atoms with Crippen molar-refractivity contribution in [1.29, 1.82) is 0 Å². The van der Waals surface area contributed by atoms with Crippen LogP contribution in [0.5, 0.6) is 0 Å². The fourth-order valence-electron chi connectivity index (χ4n) is 1.74. The molecule has 90 valence electrons. The minimum atomic E-state index is 0.495. The highest BCUT2D eigenvalue weighted by Crippen LogP contribution is 2.19. The highest BCUT2D eigenvalue weighted by Gasteiger charge is 2.06. The molecule has 0 amide bonds. The van der Waals surface area contributed by atoms with E-state index in [1.165, 1.54) is 5.56 Å². The maximum absolute atomic E-state index is 5.97. The number of pyridine rings is 1. The van der Waals surface area contributed by atoms with Crippen LogP contribution in [0.1, 0.15) is 18.2 Å². The first-order chi connectivity index (χ1) is 8.20. The molecule has 2 rings (SSSR count). The van der Waals surface area contributed by atoms with Crippen LogP contribution in [0.2, 0.25) is 5.15 Å². The average Bonchev–Trinajstić information content (AvgIpc) is 2.69. The Morgan fingerprint density at radius 2 is 2.29 bits per heavy atom. The SMILES string of the molecule is CCc1nn(C)cc1CNc1cccnc1Cl. The normalized spacial score (nSPS) is 10.5. The van der Waals surface area contributed by atoms with Crippen LogP contribution in [0.15, 0.2) is 24.5 Å². The Balaban J connectivity index is 2.09. The van der Waals surface area contributed by atoms with Crippen molar-refractivity contribution in [2.45, 2.75) is 19.9 Å². The molecule has 5 heteroatoms. The van der Waals surface area contributed by atoms with Gasteiger partial charge in [0.05, 0.1) is 11.4 Å². The maximum atomic E-state index is 5.97. The highest BCUT2D eigenvalue weighted by molar-refractivity contribution is 6.31. The van der Waals surface area contributed by atoms with E-state index < -0.39 is 0 Å². The summed E-state index contributed by atoms with van der Waals surface area (Å²) in [5, 5.41) is 8.16. The third kappa shape index (κ3) is 2.77. The van der Waals surface area contributed by atoms with Gasteiger partial charge in [-0.25, -0.2) is 4.98 Å². The number of aryl methyl sites for hydroxylation is 2. The standard InChI is InChI=1S/C12H15ClN4/c1-3-10-9(8-17(2)16-10)7-15-11-5-4-6-14-12(11)13/h4-6,8,15H,3,7H2,1-2H3. The maximum Gasteiger partial charge on any atom is 0.152 e. The van der Waals surface area contributed by atoms with Crippen molar-refractivity contribution in [3.05, 3.63) is 40.9 Å². The molecule has 0 aliphatic carbocycles. The van der Waals surface area contributed by atoms with Gasteiger partial charge in [0.25, 0.3) is 0 Å². The predicted molar refractivity (Wildman–Crippen MR) is 69.2 cm³/mol. The topological polar surface area (TPSA) is 42.7 Å². The summed E-state index contributed by atoms with van der Waals surface area (Å²) in [6, 6.07) is 3.77. The minimum Gasteiger partial charge on any atom is -0.378 e. The van der Waals surface area contributed by atoms with E-state index in [1.807, 2.05) is 30.1 Å². The summed E-state index contributed by atoms with van der Waals surface area (Å²) >= 11 is 5.97. The summed E-state index contributed by atoms with van der Waals surface area (Å²) in [6.45, 7) is 2.81. The summed E-state index contributed by atoms with van der Waals surface area (Å²) in [6.07, 6.45) is 4.63. The Labute approximate surface area is 106 Å². The Morgan fingerprint density at radius 3 is 3.00 bits per heavy atom. The second kappa shape index (κ2) is 5.19. The van der Waals surface area contributed by atoms with Crippen molar-refractivity contribution in [3.63, 3.8) is 0 Å². The second-order valence-corrected chi connectivity index (χ2v) is 4.18. The molecule has 0 spiro atoms. The first-order valence-corrected chi connectivity index (χ1v) is 5.94. The van der Waals surface area contributed by atoms with Crippen LogP contribution in [-0.2, 0) is 20.0 Å². The predicted octanol–water partition coefficient (Wildman–Crippen LogP) is 2.64. The van der Waals surface area contributed by atoms with Gasteiger partial charge in [0.2, 0.25) is 0 Å². The van der Waals surface area contributed by atoms with E-state index in [-0.39, 0.29) is 0 Å². The lowest BCUT2D eigenvalue weighted by Gasteiger charge is -2.06. The zero-order valence-electron chi connectivity index (χ0n) is 9.94. The summed E-state index contributed by atoms with van der Waals surface area (Å²) in [4.78, 5) is 4.02. The molecule has 17 heavy (non-hydrogen) atoms. The molecule has 2 aromatic heterocycles. The van der Waals surface area contributed by atoms with Crippen LogP contribution in [0.4, 0.5) is 5.69 Å². The third-order valence-electron chi connectivity index (χ3n) is 2.56. The lowest BCUT2D eigenvalue weighted by Crippen LogP contribution is -2.02. The van der Waals surface area contributed by atoms with Crippen molar-refractivity contribution < 1.29 is 0 Å². The van der Waals surface area contributed by atoms with E-state index in [9.17, 15) is 0 Å². The van der Waals surface area contributed by atoms with Crippen molar-refractivity contribution in [3.8, 4) is 0 Å². The average molecular weight is 251 g/mol. The highest BCUT2D eigenvalue weighted by atomic mass is 35.5. The lowest BCUT2D eigenvalue weighted by molar-refractivity contribution is 0.746. The number of nitrogens with zero attached hydrogens (tertiary/aromatic N) is 3. The van der Waals surface area contributed by atoms with Crippen LogP contribution >= 0.6 is 11.6 Å². The van der Waals surface area contributed by atoms with Gasteiger partial charge in [0, 0.05) is 31.5 Å². The van der Waals surface area contributed by atoms with E-state index in [4.69, 9.17) is 11.6 Å². The van der Waals surface area contributed by atoms with Gasteiger partial charge in [-0.05, 0) is 18.6 Å². The molecular formula is C12H15ClN4. The van der Waals surface area contributed by atoms with Crippen LogP contribution in [0, 0.1) is 0 Å². The van der Waals surface area contributed by atoms with Crippen molar-refractivity contribution in [2.75, 3.05) is 5.32 Å². The van der Waals surface area contributed by atoms with E-state index in [2.05, 4.69) is 22.3 Å². The molecule has 0 fully saturated rings. The molecule has 1 N–H and O–H groups in total. The number of anilines is 1. The van der Waals surface area contributed by atoms with E-state index in [0.717, 1.165) is 17.8 Å². The quantitative estimate of drug-likeness (QED) is 0.849. The third-order valence-corrected chi connectivity index (χ3v) is 2.86. The summed E-state index contributed by atoms with van der Waals surface area (Å²) < 4.78 is 1.83. The van der Waals surface area contributed by atoms with E-state index in [1.54, 1.807) is 6.20 Å². The van der Waals surface area contributed by atoms with Gasteiger partial charge in [-0.15, -0.1) is 0 Å². The molecule has 0 atom stereocenters. The molecule has 2 heterocycles. The van der Waals surface area contributed by atoms with Gasteiger partial charge in [-0.2, -0.15) is 5.10 Å². The monoisotopic (exact) mass is 250 g/mol. The molecule has 0 aliphatic heterocycles. The molecule has 0 saturated carbocycles. The van der Waals surface area contributed by atoms with Gasteiger partial charge < -0.3 is 5.32 Å². The van der Waals surface area contributed by atoms with Crippen molar-refractivity contribution in [1.82, 2.24) is 14.8 Å². The summed E-state index contributed by atoms with van der Waals surface area (Å²) in [5.41, 5.74) is 3.15. The van der Waals surface area contributed by atoms with Gasteiger partial charge >= 0.3 is 0 Å². The Bertz CT molecular complexity index is 507. The van der Waals surface area contributed by atoms with Crippen LogP contribution in [-0.4, -0.2) is 14.8 Å². The number of hydrogen-bond donors (Lipinski definition) is 1. The first kappa shape index (κ1) is 11.9. The zero-order valence-corrected chi connectivity index (χ0v) is 10.7. The first-order valence-electron chi connectivity index (χ1n) is 5.56. The molecule has 0 radical (unpaired) electrons. The van der Waals surface area contributed by atoms with Crippen LogP contribution < -0.4 is 5.32 Å². The number of aromatic nitrogens is 3. The van der Waals surface area contributed by atoms with Crippen molar-refractivity contribution >= 4 is 17.3 Å². The van der Waals surface area contributed by atoms with E-state index >= 15 is 0 Å². The molecule has 0 aliphatic rings. The minimum absolute atomic E-state index is 0.495. The van der Waals surface area contributed by atoms with E-state index in [0.29, 0.717) is 11.7 Å². The Hall–Kier alpha value is -1.55. The van der Waals surface area contributed by atoms with Gasteiger partial charge in [0.1, 0.15) is 0 Å². The second-order valence-electron chi connectivity index (χ2n) is 3.82. The molecule has 0 bridgehead atoms. The largest absolute Gasteiger partial charge is 0.378 e. The molecule has 0 unspecified atom stereocenters. The fourth-order valence-corrected chi connectivity index (χ4v) is 1.92. The van der Waals surface area contributed by atoms with Gasteiger partial charge in [0.15, 0.2) is 5.15 Å². The number of halogens is 1. The number of nitrogens with one attached hydrogen (secondary N) is 1. The Morgan fingerprint density at radius 1 is 1.47 bits per heavy atom. The fraction of sp³-hybridized carbons (Fsp3) is 0.333. The smallest absolute Gasteiger partial charge is 0.152 e. The van der Waals surface area contributed by atoms with Crippen LogP contribution in [0.3, 0.4) is 0 Å². The zero-order chi connectivity index (χ0) is 12.3. The number of hydrogen-bond acceptors (Lipinski definition) is 3. The lowest BCUT2D eigenvalue weighted by atomic mass is 10.2. The Kier molecular flexibility index (Phi) is 3.64.